The fourth-order valence-corrected chi connectivity index (χ4v) is 3.29. The second kappa shape index (κ2) is 8.04. The van der Waals surface area contributed by atoms with E-state index in [1.54, 1.807) is 34.1 Å². The highest BCUT2D eigenvalue weighted by Gasteiger charge is 2.22. The number of nitrogens with one attached hydrogen (secondary N) is 1. The van der Waals surface area contributed by atoms with E-state index in [1.807, 2.05) is 37.3 Å². The standard InChI is InChI=1S/C18H20N4O2S/c1-2-15(11-23)22(10-13-4-3-7-19-9-13)18(24)21-14-5-6-17-16(8-14)20-12-25-17/h3-9,12,15,23H,2,10-11H2,1H3,(H,21,24). The van der Waals surface area contributed by atoms with E-state index < -0.39 is 0 Å². The van der Waals surface area contributed by atoms with Gasteiger partial charge < -0.3 is 15.3 Å². The molecule has 25 heavy (non-hydrogen) atoms. The molecule has 0 aliphatic heterocycles. The Hall–Kier alpha value is -2.51. The number of thiazole rings is 1. The number of aliphatic hydroxyl groups excluding tert-OH is 1. The summed E-state index contributed by atoms with van der Waals surface area (Å²) >= 11 is 1.56. The van der Waals surface area contributed by atoms with Crippen molar-refractivity contribution in [3.05, 3.63) is 53.8 Å². The maximum Gasteiger partial charge on any atom is 0.322 e. The zero-order chi connectivity index (χ0) is 17.6. The van der Waals surface area contributed by atoms with Crippen LogP contribution in [0.2, 0.25) is 0 Å². The lowest BCUT2D eigenvalue weighted by molar-refractivity contribution is 0.134. The minimum absolute atomic E-state index is 0.0880. The SMILES string of the molecule is CCC(CO)N(Cc1cccnc1)C(=O)Nc1ccc2scnc2c1. The van der Waals surface area contributed by atoms with Crippen molar-refractivity contribution in [2.75, 3.05) is 11.9 Å². The molecule has 1 aromatic carbocycles. The molecule has 0 aliphatic carbocycles. The molecule has 2 N–H and O–H groups in total. The zero-order valence-electron chi connectivity index (χ0n) is 13.9. The average molecular weight is 356 g/mol. The summed E-state index contributed by atoms with van der Waals surface area (Å²) in [5.41, 5.74) is 4.24. The van der Waals surface area contributed by atoms with Gasteiger partial charge in [0.15, 0.2) is 0 Å². The number of fused-ring (bicyclic) bond motifs is 1. The summed E-state index contributed by atoms with van der Waals surface area (Å²) < 4.78 is 1.08. The number of carbonyl (C=O) groups is 1. The maximum atomic E-state index is 12.8. The molecule has 0 aliphatic rings. The maximum absolute atomic E-state index is 12.8. The van der Waals surface area contributed by atoms with Crippen LogP contribution in [0.1, 0.15) is 18.9 Å². The van der Waals surface area contributed by atoms with E-state index in [2.05, 4.69) is 15.3 Å². The van der Waals surface area contributed by atoms with Gasteiger partial charge in [-0.15, -0.1) is 11.3 Å². The molecule has 3 rings (SSSR count). The summed E-state index contributed by atoms with van der Waals surface area (Å²) in [4.78, 5) is 22.8. The van der Waals surface area contributed by atoms with Crippen LogP contribution < -0.4 is 5.32 Å². The van der Waals surface area contributed by atoms with E-state index >= 15 is 0 Å². The summed E-state index contributed by atoms with van der Waals surface area (Å²) in [6.45, 7) is 2.25. The normalized spacial score (nSPS) is 12.1. The zero-order valence-corrected chi connectivity index (χ0v) is 14.7. The molecule has 0 radical (unpaired) electrons. The quantitative estimate of drug-likeness (QED) is 0.709. The minimum Gasteiger partial charge on any atom is -0.394 e. The summed E-state index contributed by atoms with van der Waals surface area (Å²) in [5, 5.41) is 12.6. The number of hydrogen-bond acceptors (Lipinski definition) is 5. The van der Waals surface area contributed by atoms with Gasteiger partial charge in [0.25, 0.3) is 0 Å². The molecule has 1 unspecified atom stereocenters. The second-order valence-electron chi connectivity index (χ2n) is 5.70. The molecule has 0 fully saturated rings. The van der Waals surface area contributed by atoms with Crippen LogP contribution in [0.15, 0.2) is 48.2 Å². The van der Waals surface area contributed by atoms with Gasteiger partial charge in [-0.2, -0.15) is 0 Å². The van der Waals surface area contributed by atoms with Crippen LogP contribution in [-0.4, -0.2) is 38.7 Å². The first kappa shape index (κ1) is 17.3. The Labute approximate surface area is 150 Å². The number of pyridine rings is 1. The van der Waals surface area contributed by atoms with Gasteiger partial charge in [0.2, 0.25) is 0 Å². The molecule has 0 spiro atoms. The van der Waals surface area contributed by atoms with Gasteiger partial charge in [-0.25, -0.2) is 9.78 Å². The van der Waals surface area contributed by atoms with E-state index in [-0.39, 0.29) is 18.7 Å². The largest absolute Gasteiger partial charge is 0.394 e. The third-order valence-corrected chi connectivity index (χ3v) is 4.85. The van der Waals surface area contributed by atoms with Crippen molar-refractivity contribution < 1.29 is 9.90 Å². The molecule has 2 heterocycles. The molecule has 6 nitrogen and oxygen atoms in total. The lowest BCUT2D eigenvalue weighted by Gasteiger charge is -2.30. The molecular formula is C18H20N4O2S. The number of nitrogens with zero attached hydrogens (tertiary/aromatic N) is 3. The number of aromatic nitrogens is 2. The fraction of sp³-hybridized carbons (Fsp3) is 0.278. The number of carbonyl (C=O) groups excluding carboxylic acids is 1. The molecule has 0 saturated carbocycles. The van der Waals surface area contributed by atoms with Crippen LogP contribution in [0.25, 0.3) is 10.2 Å². The first-order chi connectivity index (χ1) is 12.2. The van der Waals surface area contributed by atoms with Crippen LogP contribution in [0, 0.1) is 0 Å². The summed E-state index contributed by atoms with van der Waals surface area (Å²) in [6, 6.07) is 8.90. The van der Waals surface area contributed by atoms with Crippen molar-refractivity contribution >= 4 is 33.3 Å². The monoisotopic (exact) mass is 356 g/mol. The van der Waals surface area contributed by atoms with Gasteiger partial charge in [-0.05, 0) is 36.2 Å². The Balaban J connectivity index is 1.79. The molecule has 3 aromatic rings. The Morgan fingerprint density at radius 2 is 2.28 bits per heavy atom. The Morgan fingerprint density at radius 3 is 3.00 bits per heavy atom. The smallest absolute Gasteiger partial charge is 0.322 e. The molecule has 0 saturated heterocycles. The Bertz CT molecular complexity index is 833. The number of amides is 2. The van der Waals surface area contributed by atoms with Crippen LogP contribution in [0.3, 0.4) is 0 Å². The van der Waals surface area contributed by atoms with Gasteiger partial charge in [0, 0.05) is 24.6 Å². The highest BCUT2D eigenvalue weighted by molar-refractivity contribution is 7.16. The van der Waals surface area contributed by atoms with Crippen LogP contribution in [0.5, 0.6) is 0 Å². The third kappa shape index (κ3) is 4.12. The number of urea groups is 1. The van der Waals surface area contributed by atoms with Crippen molar-refractivity contribution in [1.29, 1.82) is 0 Å². The van der Waals surface area contributed by atoms with E-state index in [0.29, 0.717) is 18.7 Å². The molecule has 7 heteroatoms. The van der Waals surface area contributed by atoms with Crippen molar-refractivity contribution in [2.45, 2.75) is 25.9 Å². The topological polar surface area (TPSA) is 78.3 Å². The predicted molar refractivity (Wildman–Crippen MR) is 99.6 cm³/mol. The minimum atomic E-state index is -0.261. The van der Waals surface area contributed by atoms with Crippen molar-refractivity contribution in [2.24, 2.45) is 0 Å². The Kier molecular flexibility index (Phi) is 5.57. The van der Waals surface area contributed by atoms with Crippen molar-refractivity contribution in [3.63, 3.8) is 0 Å². The Morgan fingerprint density at radius 1 is 1.40 bits per heavy atom. The average Bonchev–Trinajstić information content (AvgIpc) is 3.10. The van der Waals surface area contributed by atoms with Gasteiger partial charge in [0.1, 0.15) is 0 Å². The van der Waals surface area contributed by atoms with Crippen molar-refractivity contribution in [1.82, 2.24) is 14.9 Å². The van der Waals surface area contributed by atoms with Crippen molar-refractivity contribution in [3.8, 4) is 0 Å². The van der Waals surface area contributed by atoms with E-state index in [0.717, 1.165) is 15.8 Å². The molecule has 130 valence electrons. The summed E-state index contributed by atoms with van der Waals surface area (Å²) in [5.74, 6) is 0. The van der Waals surface area contributed by atoms with E-state index in [4.69, 9.17) is 0 Å². The molecule has 0 bridgehead atoms. The first-order valence-electron chi connectivity index (χ1n) is 8.12. The highest BCUT2D eigenvalue weighted by atomic mass is 32.1. The molecule has 2 aromatic heterocycles. The lowest BCUT2D eigenvalue weighted by Crippen LogP contribution is -2.44. The number of hydrogen-bond donors (Lipinski definition) is 2. The van der Waals surface area contributed by atoms with Gasteiger partial charge >= 0.3 is 6.03 Å². The third-order valence-electron chi connectivity index (χ3n) is 4.04. The first-order valence-corrected chi connectivity index (χ1v) is 9.00. The summed E-state index contributed by atoms with van der Waals surface area (Å²) in [6.07, 6.45) is 4.08. The number of benzene rings is 1. The van der Waals surface area contributed by atoms with E-state index in [1.165, 1.54) is 0 Å². The van der Waals surface area contributed by atoms with Gasteiger partial charge in [0.05, 0.1) is 28.4 Å². The molecule has 2 amide bonds. The van der Waals surface area contributed by atoms with E-state index in [9.17, 15) is 9.90 Å². The van der Waals surface area contributed by atoms with Crippen LogP contribution in [0.4, 0.5) is 10.5 Å². The second-order valence-corrected chi connectivity index (χ2v) is 6.59. The van der Waals surface area contributed by atoms with Crippen LogP contribution >= 0.6 is 11.3 Å². The fourth-order valence-electron chi connectivity index (χ4n) is 2.63. The lowest BCUT2D eigenvalue weighted by atomic mass is 10.1. The van der Waals surface area contributed by atoms with Crippen LogP contribution in [-0.2, 0) is 6.54 Å². The number of rotatable bonds is 6. The summed E-state index contributed by atoms with van der Waals surface area (Å²) in [7, 11) is 0. The molecular weight excluding hydrogens is 336 g/mol. The predicted octanol–water partition coefficient (Wildman–Crippen LogP) is 3.50. The molecule has 1 atom stereocenters. The number of anilines is 1. The highest BCUT2D eigenvalue weighted by Crippen LogP contribution is 2.22. The van der Waals surface area contributed by atoms with Gasteiger partial charge in [-0.1, -0.05) is 13.0 Å². The van der Waals surface area contributed by atoms with Gasteiger partial charge in [-0.3, -0.25) is 4.98 Å². The number of aliphatic hydroxyl groups is 1.